The third kappa shape index (κ3) is 5.03. The molecular weight excluding hydrogens is 391 g/mol. The van der Waals surface area contributed by atoms with Gasteiger partial charge in [0.2, 0.25) is 0 Å². The van der Waals surface area contributed by atoms with E-state index in [1.165, 1.54) is 17.4 Å². The topological polar surface area (TPSA) is 67.4 Å². The molecule has 4 rings (SSSR count). The highest BCUT2D eigenvalue weighted by Gasteiger charge is 2.30. The number of carbonyl (C=O) groups is 2. The summed E-state index contributed by atoms with van der Waals surface area (Å²) in [6, 6.07) is 4.86. The van der Waals surface area contributed by atoms with Crippen LogP contribution >= 0.6 is 11.3 Å². The summed E-state index contributed by atoms with van der Waals surface area (Å²) in [5.74, 6) is -0.240. The summed E-state index contributed by atoms with van der Waals surface area (Å²) in [5.41, 5.74) is 4.70. The van der Waals surface area contributed by atoms with Gasteiger partial charge in [-0.1, -0.05) is 19.9 Å². The SMILES string of the molecule is CC.Cc1ccc(Nc2sc3c(c2C(=O)NOCC2CC2)CCCC3=O)c(F)c1. The number of benzene rings is 1. The van der Waals surface area contributed by atoms with Crippen LogP contribution < -0.4 is 10.8 Å². The van der Waals surface area contributed by atoms with Gasteiger partial charge in [-0.05, 0) is 61.8 Å². The van der Waals surface area contributed by atoms with Crippen LogP contribution in [0.3, 0.4) is 0 Å². The molecule has 1 amide bonds. The first kappa shape index (κ1) is 21.5. The molecule has 5 nitrogen and oxygen atoms in total. The van der Waals surface area contributed by atoms with E-state index in [1.54, 1.807) is 12.1 Å². The lowest BCUT2D eigenvalue weighted by atomic mass is 9.94. The van der Waals surface area contributed by atoms with Gasteiger partial charge in [-0.3, -0.25) is 14.4 Å². The molecule has 1 saturated carbocycles. The van der Waals surface area contributed by atoms with Gasteiger partial charge in [0.1, 0.15) is 10.8 Å². The highest BCUT2D eigenvalue weighted by molar-refractivity contribution is 7.18. The number of rotatable bonds is 6. The number of aryl methyl sites for hydroxylation is 1. The zero-order valence-electron chi connectivity index (χ0n) is 17.1. The van der Waals surface area contributed by atoms with Crippen molar-refractivity contribution in [2.24, 2.45) is 5.92 Å². The first-order valence-electron chi connectivity index (χ1n) is 10.2. The molecule has 1 aromatic carbocycles. The van der Waals surface area contributed by atoms with E-state index in [9.17, 15) is 14.0 Å². The molecule has 1 heterocycles. The van der Waals surface area contributed by atoms with E-state index in [0.717, 1.165) is 24.0 Å². The number of nitrogens with one attached hydrogen (secondary N) is 2. The molecule has 0 aliphatic heterocycles. The van der Waals surface area contributed by atoms with Crippen molar-refractivity contribution >= 4 is 33.7 Å². The van der Waals surface area contributed by atoms with E-state index < -0.39 is 11.7 Å². The van der Waals surface area contributed by atoms with Crippen LogP contribution in [-0.4, -0.2) is 18.3 Å². The number of fused-ring (bicyclic) bond motifs is 1. The van der Waals surface area contributed by atoms with Crippen LogP contribution in [0.1, 0.15) is 70.7 Å². The second kappa shape index (κ2) is 9.50. The Hall–Kier alpha value is -2.25. The van der Waals surface area contributed by atoms with Gasteiger partial charge >= 0.3 is 0 Å². The van der Waals surface area contributed by atoms with Crippen molar-refractivity contribution < 1.29 is 18.8 Å². The van der Waals surface area contributed by atoms with Gasteiger partial charge in [0.05, 0.1) is 22.7 Å². The maximum atomic E-state index is 14.3. The maximum absolute atomic E-state index is 14.3. The van der Waals surface area contributed by atoms with Gasteiger partial charge in [0.25, 0.3) is 5.91 Å². The van der Waals surface area contributed by atoms with Crippen molar-refractivity contribution in [3.05, 3.63) is 45.6 Å². The van der Waals surface area contributed by atoms with Crippen molar-refractivity contribution in [1.82, 2.24) is 5.48 Å². The molecule has 0 unspecified atom stereocenters. The van der Waals surface area contributed by atoms with E-state index in [2.05, 4.69) is 10.8 Å². The maximum Gasteiger partial charge on any atom is 0.278 e. The highest BCUT2D eigenvalue weighted by atomic mass is 32.1. The number of hydrogen-bond acceptors (Lipinski definition) is 5. The van der Waals surface area contributed by atoms with Crippen LogP contribution in [0.4, 0.5) is 15.1 Å². The second-order valence-corrected chi connectivity index (χ2v) is 8.21. The Morgan fingerprint density at radius 1 is 1.28 bits per heavy atom. The number of thiophene rings is 1. The molecule has 2 N–H and O–H groups in total. The molecule has 1 fully saturated rings. The summed E-state index contributed by atoms with van der Waals surface area (Å²) in [4.78, 5) is 31.0. The Balaban J connectivity index is 0.00000117. The zero-order chi connectivity index (χ0) is 21.0. The van der Waals surface area contributed by atoms with Crippen LogP contribution in [0, 0.1) is 18.7 Å². The Kier molecular flexibility index (Phi) is 7.03. The molecule has 0 atom stereocenters. The Morgan fingerprint density at radius 2 is 2.03 bits per heavy atom. The monoisotopic (exact) mass is 418 g/mol. The smallest absolute Gasteiger partial charge is 0.278 e. The van der Waals surface area contributed by atoms with E-state index in [4.69, 9.17) is 4.84 Å². The molecular formula is C22H27FN2O3S. The second-order valence-electron chi connectivity index (χ2n) is 7.18. The summed E-state index contributed by atoms with van der Waals surface area (Å²) in [6.45, 7) is 6.30. The normalized spacial score (nSPS) is 15.2. The minimum atomic E-state index is -0.399. The fourth-order valence-corrected chi connectivity index (χ4v) is 4.43. The minimum absolute atomic E-state index is 0.0339. The van der Waals surface area contributed by atoms with Crippen LogP contribution in [0.25, 0.3) is 0 Å². The summed E-state index contributed by atoms with van der Waals surface area (Å²) in [6.07, 6.45) is 4.09. The number of anilines is 2. The summed E-state index contributed by atoms with van der Waals surface area (Å²) in [7, 11) is 0. The lowest BCUT2D eigenvalue weighted by Crippen LogP contribution is -2.26. The number of carbonyl (C=O) groups excluding carboxylic acids is 2. The third-order valence-corrected chi connectivity index (χ3v) is 6.06. The molecule has 0 bridgehead atoms. The van der Waals surface area contributed by atoms with Crippen LogP contribution in [0.2, 0.25) is 0 Å². The van der Waals surface area contributed by atoms with E-state index in [0.29, 0.717) is 47.2 Å². The van der Waals surface area contributed by atoms with Crippen molar-refractivity contribution in [2.75, 3.05) is 11.9 Å². The Morgan fingerprint density at radius 3 is 2.72 bits per heavy atom. The predicted octanol–water partition coefficient (Wildman–Crippen LogP) is 5.56. The van der Waals surface area contributed by atoms with E-state index in [1.807, 2.05) is 20.8 Å². The molecule has 0 spiro atoms. The molecule has 0 radical (unpaired) electrons. The van der Waals surface area contributed by atoms with Gasteiger partial charge in [0.15, 0.2) is 5.78 Å². The molecule has 0 saturated heterocycles. The van der Waals surface area contributed by atoms with Gasteiger partial charge in [-0.25, -0.2) is 9.87 Å². The molecule has 2 aliphatic rings. The Bertz CT molecular complexity index is 906. The average Bonchev–Trinajstić information content (AvgIpc) is 3.45. The largest absolute Gasteiger partial charge is 0.344 e. The van der Waals surface area contributed by atoms with Crippen LogP contribution in [0.5, 0.6) is 0 Å². The number of hydrogen-bond donors (Lipinski definition) is 2. The van der Waals surface area contributed by atoms with Gasteiger partial charge in [-0.15, -0.1) is 11.3 Å². The molecule has 29 heavy (non-hydrogen) atoms. The van der Waals surface area contributed by atoms with Crippen LogP contribution in [-0.2, 0) is 11.3 Å². The van der Waals surface area contributed by atoms with E-state index in [-0.39, 0.29) is 11.5 Å². The quantitative estimate of drug-likeness (QED) is 0.603. The van der Waals surface area contributed by atoms with Gasteiger partial charge < -0.3 is 5.32 Å². The molecule has 7 heteroatoms. The standard InChI is InChI=1S/C20H21FN2O3S.C2H6/c1-11-5-8-15(14(21)9-11)22-20-17(19(25)23-26-10-12-6-7-12)13-3-2-4-16(24)18(13)27-20;1-2/h5,8-9,12,22H,2-4,6-7,10H2,1H3,(H,23,25);1-2H3. The van der Waals surface area contributed by atoms with E-state index >= 15 is 0 Å². The van der Waals surface area contributed by atoms with Crippen molar-refractivity contribution in [2.45, 2.75) is 52.9 Å². The third-order valence-electron chi connectivity index (χ3n) is 4.87. The number of halogens is 1. The summed E-state index contributed by atoms with van der Waals surface area (Å²) < 4.78 is 14.3. The molecule has 1 aromatic heterocycles. The zero-order valence-corrected chi connectivity index (χ0v) is 17.9. The first-order valence-corrected chi connectivity index (χ1v) is 11.0. The van der Waals surface area contributed by atoms with Crippen molar-refractivity contribution in [1.29, 1.82) is 0 Å². The lowest BCUT2D eigenvalue weighted by molar-refractivity contribution is 0.0270. The summed E-state index contributed by atoms with van der Waals surface area (Å²) >= 11 is 1.21. The van der Waals surface area contributed by atoms with Gasteiger partial charge in [-0.2, -0.15) is 0 Å². The highest BCUT2D eigenvalue weighted by Crippen LogP contribution is 2.40. The van der Waals surface area contributed by atoms with Gasteiger partial charge in [0, 0.05) is 6.42 Å². The number of Topliss-reactive ketones (excluding diaryl/α,β-unsaturated/α-hetero) is 1. The molecule has 2 aliphatic carbocycles. The lowest BCUT2D eigenvalue weighted by Gasteiger charge is -2.13. The van der Waals surface area contributed by atoms with Crippen LogP contribution in [0.15, 0.2) is 18.2 Å². The predicted molar refractivity (Wildman–Crippen MR) is 113 cm³/mol. The van der Waals surface area contributed by atoms with Crippen molar-refractivity contribution in [3.8, 4) is 0 Å². The van der Waals surface area contributed by atoms with Crippen molar-refractivity contribution in [3.63, 3.8) is 0 Å². The molecule has 2 aromatic rings. The fourth-order valence-electron chi connectivity index (χ4n) is 3.20. The fraction of sp³-hybridized carbons (Fsp3) is 0.455. The number of ketones is 1. The first-order chi connectivity index (χ1) is 14.0. The summed E-state index contributed by atoms with van der Waals surface area (Å²) in [5, 5.41) is 3.49. The Labute approximate surface area is 174 Å². The molecule has 156 valence electrons. The minimum Gasteiger partial charge on any atom is -0.344 e. The number of amides is 1. The number of hydroxylamine groups is 1. The average molecular weight is 419 g/mol.